The molecule has 0 radical (unpaired) electrons. The van der Waals surface area contributed by atoms with Crippen LogP contribution >= 0.6 is 11.8 Å². The van der Waals surface area contributed by atoms with Gasteiger partial charge in [-0.05, 0) is 54.9 Å². The highest BCUT2D eigenvalue weighted by molar-refractivity contribution is 7.99. The zero-order chi connectivity index (χ0) is 20.9. The van der Waals surface area contributed by atoms with E-state index in [1.165, 1.54) is 0 Å². The van der Waals surface area contributed by atoms with Crippen molar-refractivity contribution in [3.05, 3.63) is 60.2 Å². The highest BCUT2D eigenvalue weighted by Crippen LogP contribution is 2.28. The zero-order valence-electron chi connectivity index (χ0n) is 17.1. The molecule has 0 spiro atoms. The van der Waals surface area contributed by atoms with Crippen molar-refractivity contribution in [1.82, 2.24) is 10.2 Å². The summed E-state index contributed by atoms with van der Waals surface area (Å²) >= 11 is 1.78. The second kappa shape index (κ2) is 9.67. The summed E-state index contributed by atoms with van der Waals surface area (Å²) in [7, 11) is 0. The van der Waals surface area contributed by atoms with Crippen molar-refractivity contribution in [1.29, 1.82) is 0 Å². The second-order valence-electron chi connectivity index (χ2n) is 8.19. The topological polar surface area (TPSA) is 75.4 Å². The Hall–Kier alpha value is -2.31. The van der Waals surface area contributed by atoms with Crippen LogP contribution in [0, 0.1) is 5.92 Å². The number of nitrogens with one attached hydrogen (secondary N) is 1. The van der Waals surface area contributed by atoms with Crippen molar-refractivity contribution < 1.29 is 9.59 Å². The molecule has 3 N–H and O–H groups in total. The van der Waals surface area contributed by atoms with Gasteiger partial charge in [-0.15, -0.1) is 11.8 Å². The third-order valence-electron chi connectivity index (χ3n) is 6.22. The minimum absolute atomic E-state index is 0.0347. The van der Waals surface area contributed by atoms with Crippen molar-refractivity contribution >= 4 is 23.6 Å². The standard InChI is InChI=1S/C24H29N3O2S/c25-22(24(29)27-14-15-30-16-27)19-10-12-21(13-11-19)26-23(28)20-8-6-18(7-9-20)17-4-2-1-3-5-17/h1-9,19,21-22H,10-16,25H2,(H,26,28). The summed E-state index contributed by atoms with van der Waals surface area (Å²) in [6.45, 7) is 0.811. The van der Waals surface area contributed by atoms with Crippen molar-refractivity contribution in [3.8, 4) is 11.1 Å². The third-order valence-corrected chi connectivity index (χ3v) is 7.18. The van der Waals surface area contributed by atoms with Gasteiger partial charge in [0.1, 0.15) is 0 Å². The highest BCUT2D eigenvalue weighted by Gasteiger charge is 2.33. The van der Waals surface area contributed by atoms with E-state index < -0.39 is 6.04 Å². The quantitative estimate of drug-likeness (QED) is 0.772. The first-order valence-corrected chi connectivity index (χ1v) is 11.9. The molecule has 2 aromatic carbocycles. The molecule has 1 aliphatic heterocycles. The van der Waals surface area contributed by atoms with Gasteiger partial charge in [0.15, 0.2) is 0 Å². The van der Waals surface area contributed by atoms with Gasteiger partial charge in [0.25, 0.3) is 5.91 Å². The molecule has 2 amide bonds. The lowest BCUT2D eigenvalue weighted by atomic mass is 9.81. The predicted octanol–water partition coefficient (Wildman–Crippen LogP) is 3.50. The summed E-state index contributed by atoms with van der Waals surface area (Å²) in [6, 6.07) is 17.6. The minimum atomic E-state index is -0.411. The summed E-state index contributed by atoms with van der Waals surface area (Å²) in [5, 5.41) is 3.16. The second-order valence-corrected chi connectivity index (χ2v) is 9.27. The Morgan fingerprint density at radius 1 is 0.967 bits per heavy atom. The highest BCUT2D eigenvalue weighted by atomic mass is 32.2. The fraction of sp³-hybridized carbons (Fsp3) is 0.417. The normalized spacial score (nSPS) is 22.5. The molecule has 1 heterocycles. The number of hydrogen-bond donors (Lipinski definition) is 2. The molecular weight excluding hydrogens is 394 g/mol. The summed E-state index contributed by atoms with van der Waals surface area (Å²) < 4.78 is 0. The van der Waals surface area contributed by atoms with Crippen LogP contribution in [0.1, 0.15) is 36.0 Å². The van der Waals surface area contributed by atoms with Crippen molar-refractivity contribution in [3.63, 3.8) is 0 Å². The Kier molecular flexibility index (Phi) is 6.75. The molecule has 1 aliphatic carbocycles. The Bertz CT molecular complexity index is 858. The van der Waals surface area contributed by atoms with Gasteiger partial charge in [0.2, 0.25) is 5.91 Å². The summed E-state index contributed by atoms with van der Waals surface area (Å²) in [5.41, 5.74) is 9.20. The molecule has 2 aliphatic rings. The molecule has 6 heteroatoms. The zero-order valence-corrected chi connectivity index (χ0v) is 17.9. The van der Waals surface area contributed by atoms with Crippen LogP contribution in [0.5, 0.6) is 0 Å². The average Bonchev–Trinajstić information content (AvgIpc) is 3.34. The van der Waals surface area contributed by atoms with Gasteiger partial charge in [-0.2, -0.15) is 0 Å². The molecule has 0 bridgehead atoms. The monoisotopic (exact) mass is 423 g/mol. The number of thioether (sulfide) groups is 1. The molecular formula is C24H29N3O2S. The van der Waals surface area contributed by atoms with Gasteiger partial charge >= 0.3 is 0 Å². The number of benzene rings is 2. The molecule has 1 saturated heterocycles. The van der Waals surface area contributed by atoms with Crippen LogP contribution in [0.25, 0.3) is 11.1 Å². The number of carbonyl (C=O) groups excluding carboxylic acids is 2. The maximum Gasteiger partial charge on any atom is 0.251 e. The van der Waals surface area contributed by atoms with Crippen molar-refractivity contribution in [2.45, 2.75) is 37.8 Å². The van der Waals surface area contributed by atoms with E-state index in [1.807, 2.05) is 47.4 Å². The molecule has 1 unspecified atom stereocenters. The first kappa shape index (κ1) is 20.9. The van der Waals surface area contributed by atoms with E-state index in [2.05, 4.69) is 17.4 Å². The van der Waals surface area contributed by atoms with Gasteiger partial charge in [0.05, 0.1) is 11.9 Å². The maximum absolute atomic E-state index is 12.7. The lowest BCUT2D eigenvalue weighted by molar-refractivity contribution is -0.132. The van der Waals surface area contributed by atoms with E-state index in [9.17, 15) is 9.59 Å². The van der Waals surface area contributed by atoms with Gasteiger partial charge in [-0.25, -0.2) is 0 Å². The van der Waals surface area contributed by atoms with E-state index in [1.54, 1.807) is 11.8 Å². The summed E-state index contributed by atoms with van der Waals surface area (Å²) in [5.74, 6) is 2.03. The number of rotatable bonds is 5. The van der Waals surface area contributed by atoms with E-state index in [4.69, 9.17) is 5.73 Å². The number of hydrogen-bond acceptors (Lipinski definition) is 4. The predicted molar refractivity (Wildman–Crippen MR) is 122 cm³/mol. The van der Waals surface area contributed by atoms with Gasteiger partial charge in [-0.1, -0.05) is 42.5 Å². The molecule has 1 saturated carbocycles. The number of nitrogens with two attached hydrogens (primary N) is 1. The van der Waals surface area contributed by atoms with Crippen molar-refractivity contribution in [2.24, 2.45) is 11.7 Å². The van der Waals surface area contributed by atoms with E-state index in [0.717, 1.165) is 55.0 Å². The summed E-state index contributed by atoms with van der Waals surface area (Å²) in [6.07, 6.45) is 3.50. The van der Waals surface area contributed by atoms with E-state index in [0.29, 0.717) is 5.56 Å². The average molecular weight is 424 g/mol. The third kappa shape index (κ3) is 4.87. The van der Waals surface area contributed by atoms with Gasteiger partial charge in [-0.3, -0.25) is 9.59 Å². The van der Waals surface area contributed by atoms with Crippen molar-refractivity contribution in [2.75, 3.05) is 18.2 Å². The summed E-state index contributed by atoms with van der Waals surface area (Å²) in [4.78, 5) is 27.1. The van der Waals surface area contributed by atoms with Gasteiger partial charge < -0.3 is 16.0 Å². The number of carbonyl (C=O) groups is 2. The van der Waals surface area contributed by atoms with Gasteiger partial charge in [0, 0.05) is 23.9 Å². The largest absolute Gasteiger partial charge is 0.349 e. The maximum atomic E-state index is 12.7. The Labute approximate surface area is 182 Å². The number of nitrogens with zero attached hydrogens (tertiary/aromatic N) is 1. The molecule has 158 valence electrons. The van der Waals surface area contributed by atoms with Crippen LogP contribution in [0.3, 0.4) is 0 Å². The first-order chi connectivity index (χ1) is 14.6. The molecule has 30 heavy (non-hydrogen) atoms. The van der Waals surface area contributed by atoms with Crippen LogP contribution in [0.15, 0.2) is 54.6 Å². The fourth-order valence-corrected chi connectivity index (χ4v) is 5.29. The Morgan fingerprint density at radius 3 is 2.27 bits per heavy atom. The van der Waals surface area contributed by atoms with Crippen LogP contribution in [0.4, 0.5) is 0 Å². The fourth-order valence-electron chi connectivity index (χ4n) is 4.34. The lowest BCUT2D eigenvalue weighted by Gasteiger charge is -2.33. The molecule has 0 aromatic heterocycles. The molecule has 2 aromatic rings. The smallest absolute Gasteiger partial charge is 0.251 e. The van der Waals surface area contributed by atoms with E-state index in [-0.39, 0.29) is 23.8 Å². The Balaban J connectivity index is 1.27. The molecule has 5 nitrogen and oxygen atoms in total. The molecule has 2 fully saturated rings. The molecule has 1 atom stereocenters. The van der Waals surface area contributed by atoms with E-state index >= 15 is 0 Å². The number of amides is 2. The SMILES string of the molecule is NC(C(=O)N1CCSC1)C1CCC(NC(=O)c2ccc(-c3ccccc3)cc2)CC1. The van der Waals surface area contributed by atoms with Crippen LogP contribution < -0.4 is 11.1 Å². The lowest BCUT2D eigenvalue weighted by Crippen LogP contribution is -2.49. The first-order valence-electron chi connectivity index (χ1n) is 10.7. The van der Waals surface area contributed by atoms with Crippen LogP contribution in [-0.2, 0) is 4.79 Å². The minimum Gasteiger partial charge on any atom is -0.349 e. The van der Waals surface area contributed by atoms with Crippen LogP contribution in [-0.4, -0.2) is 47.0 Å². The molecule has 4 rings (SSSR count). The Morgan fingerprint density at radius 2 is 1.63 bits per heavy atom. The van der Waals surface area contributed by atoms with Crippen LogP contribution in [0.2, 0.25) is 0 Å².